The third-order valence-corrected chi connectivity index (χ3v) is 3.51. The Balaban J connectivity index is 1.94. The number of rotatable bonds is 4. The molecular weight excluding hydrogens is 254 g/mol. The fraction of sp³-hybridized carbons (Fsp3) is 0.467. The standard InChI is InChI=1S/C15H19N3O2/c1-20-14-6-3-2-5-13(14)17-9-11-18(12-10-17)15(19)7-4-8-16/h2-3,5-6H,4,7,9-12H2,1H3. The molecular formula is C15H19N3O2. The minimum Gasteiger partial charge on any atom is -0.495 e. The predicted octanol–water partition coefficient (Wildman–Crippen LogP) is 1.65. The first-order valence-electron chi connectivity index (χ1n) is 6.79. The van der Waals surface area contributed by atoms with Gasteiger partial charge < -0.3 is 14.5 Å². The van der Waals surface area contributed by atoms with E-state index in [1.807, 2.05) is 35.2 Å². The van der Waals surface area contributed by atoms with Crippen molar-refractivity contribution in [1.82, 2.24) is 4.90 Å². The highest BCUT2D eigenvalue weighted by Gasteiger charge is 2.22. The molecule has 1 saturated heterocycles. The number of piperazine rings is 1. The summed E-state index contributed by atoms with van der Waals surface area (Å²) in [5.41, 5.74) is 1.07. The number of nitrogens with zero attached hydrogens (tertiary/aromatic N) is 3. The second kappa shape index (κ2) is 6.80. The molecule has 0 unspecified atom stereocenters. The highest BCUT2D eigenvalue weighted by Crippen LogP contribution is 2.28. The van der Waals surface area contributed by atoms with Crippen LogP contribution in [-0.2, 0) is 4.79 Å². The summed E-state index contributed by atoms with van der Waals surface area (Å²) in [5.74, 6) is 0.933. The maximum absolute atomic E-state index is 11.9. The highest BCUT2D eigenvalue weighted by molar-refractivity contribution is 5.76. The van der Waals surface area contributed by atoms with E-state index in [4.69, 9.17) is 10.00 Å². The Hall–Kier alpha value is -2.22. The molecule has 0 bridgehead atoms. The summed E-state index contributed by atoms with van der Waals surface area (Å²) in [7, 11) is 1.67. The largest absolute Gasteiger partial charge is 0.495 e. The molecule has 5 nitrogen and oxygen atoms in total. The van der Waals surface area contributed by atoms with Gasteiger partial charge in [0.15, 0.2) is 0 Å². The lowest BCUT2D eigenvalue weighted by atomic mass is 10.2. The summed E-state index contributed by atoms with van der Waals surface area (Å²) in [5, 5.41) is 8.52. The van der Waals surface area contributed by atoms with Gasteiger partial charge in [-0.3, -0.25) is 4.79 Å². The number of hydrogen-bond acceptors (Lipinski definition) is 4. The number of hydrogen-bond donors (Lipinski definition) is 0. The smallest absolute Gasteiger partial charge is 0.223 e. The maximum atomic E-state index is 11.9. The summed E-state index contributed by atoms with van der Waals surface area (Å²) in [6.45, 7) is 2.97. The summed E-state index contributed by atoms with van der Waals surface area (Å²) in [6.07, 6.45) is 0.622. The first kappa shape index (κ1) is 14.2. The zero-order chi connectivity index (χ0) is 14.4. The normalized spacial score (nSPS) is 14.8. The third kappa shape index (κ3) is 3.21. The molecule has 5 heteroatoms. The van der Waals surface area contributed by atoms with Gasteiger partial charge in [0.1, 0.15) is 5.75 Å². The average molecular weight is 273 g/mol. The summed E-state index contributed by atoms with van der Waals surface area (Å²) in [4.78, 5) is 15.9. The molecule has 0 saturated carbocycles. The van der Waals surface area contributed by atoms with Crippen molar-refractivity contribution in [3.05, 3.63) is 24.3 Å². The van der Waals surface area contributed by atoms with E-state index in [2.05, 4.69) is 4.90 Å². The molecule has 0 N–H and O–H groups in total. The van der Waals surface area contributed by atoms with E-state index in [1.165, 1.54) is 0 Å². The van der Waals surface area contributed by atoms with Crippen molar-refractivity contribution in [3.63, 3.8) is 0 Å². The number of methoxy groups -OCH3 is 1. The lowest BCUT2D eigenvalue weighted by Crippen LogP contribution is -2.48. The monoisotopic (exact) mass is 273 g/mol. The predicted molar refractivity (Wildman–Crippen MR) is 76.6 cm³/mol. The number of carbonyl (C=O) groups is 1. The van der Waals surface area contributed by atoms with Crippen LogP contribution in [0.25, 0.3) is 0 Å². The van der Waals surface area contributed by atoms with Crippen molar-refractivity contribution in [3.8, 4) is 11.8 Å². The molecule has 0 aromatic heterocycles. The van der Waals surface area contributed by atoms with Crippen molar-refractivity contribution in [2.75, 3.05) is 38.2 Å². The van der Waals surface area contributed by atoms with Crippen molar-refractivity contribution in [2.24, 2.45) is 0 Å². The van der Waals surface area contributed by atoms with E-state index in [0.717, 1.165) is 24.5 Å². The van der Waals surface area contributed by atoms with E-state index >= 15 is 0 Å². The second-order valence-electron chi connectivity index (χ2n) is 4.70. The number of amides is 1. The minimum absolute atomic E-state index is 0.0752. The van der Waals surface area contributed by atoms with E-state index in [0.29, 0.717) is 25.9 Å². The molecule has 106 valence electrons. The molecule has 0 spiro atoms. The van der Waals surface area contributed by atoms with Crippen LogP contribution >= 0.6 is 0 Å². The van der Waals surface area contributed by atoms with Crippen LogP contribution in [0.5, 0.6) is 5.75 Å². The lowest BCUT2D eigenvalue weighted by Gasteiger charge is -2.36. The van der Waals surface area contributed by atoms with Gasteiger partial charge in [0.25, 0.3) is 0 Å². The van der Waals surface area contributed by atoms with Gasteiger partial charge in [-0.25, -0.2) is 0 Å². The van der Waals surface area contributed by atoms with Crippen LogP contribution in [0.1, 0.15) is 12.8 Å². The van der Waals surface area contributed by atoms with Crippen LogP contribution in [0.3, 0.4) is 0 Å². The Morgan fingerprint density at radius 2 is 2.00 bits per heavy atom. The first-order chi connectivity index (χ1) is 9.76. The van der Waals surface area contributed by atoms with Crippen molar-refractivity contribution in [2.45, 2.75) is 12.8 Å². The van der Waals surface area contributed by atoms with Crippen LogP contribution in [0.4, 0.5) is 5.69 Å². The van der Waals surface area contributed by atoms with Gasteiger partial charge in [-0.05, 0) is 12.1 Å². The zero-order valence-electron chi connectivity index (χ0n) is 11.7. The van der Waals surface area contributed by atoms with E-state index in [1.54, 1.807) is 7.11 Å². The van der Waals surface area contributed by atoms with Gasteiger partial charge in [0.2, 0.25) is 5.91 Å². The second-order valence-corrected chi connectivity index (χ2v) is 4.70. The first-order valence-corrected chi connectivity index (χ1v) is 6.79. The molecule has 1 aliphatic heterocycles. The number of carbonyl (C=O) groups excluding carboxylic acids is 1. The van der Waals surface area contributed by atoms with E-state index < -0.39 is 0 Å². The van der Waals surface area contributed by atoms with Crippen LogP contribution in [0.15, 0.2) is 24.3 Å². The summed E-state index contributed by atoms with van der Waals surface area (Å²) >= 11 is 0. The molecule has 2 rings (SSSR count). The Morgan fingerprint density at radius 1 is 1.30 bits per heavy atom. The minimum atomic E-state index is 0.0752. The molecule has 1 heterocycles. The number of anilines is 1. The molecule has 1 amide bonds. The molecule has 0 atom stereocenters. The third-order valence-electron chi connectivity index (χ3n) is 3.51. The van der Waals surface area contributed by atoms with Crippen LogP contribution in [0, 0.1) is 11.3 Å². The van der Waals surface area contributed by atoms with Gasteiger partial charge in [-0.15, -0.1) is 0 Å². The number of nitriles is 1. The molecule has 1 aliphatic rings. The quantitative estimate of drug-likeness (QED) is 0.837. The van der Waals surface area contributed by atoms with E-state index in [9.17, 15) is 4.79 Å². The van der Waals surface area contributed by atoms with Gasteiger partial charge >= 0.3 is 0 Å². The Kier molecular flexibility index (Phi) is 4.83. The van der Waals surface area contributed by atoms with Gasteiger partial charge in [0, 0.05) is 39.0 Å². The van der Waals surface area contributed by atoms with Crippen molar-refractivity contribution >= 4 is 11.6 Å². The van der Waals surface area contributed by atoms with Gasteiger partial charge in [-0.2, -0.15) is 5.26 Å². The van der Waals surface area contributed by atoms with Gasteiger partial charge in [0.05, 0.1) is 18.9 Å². The maximum Gasteiger partial charge on any atom is 0.223 e. The molecule has 0 aliphatic carbocycles. The fourth-order valence-electron chi connectivity index (χ4n) is 2.41. The topological polar surface area (TPSA) is 56.6 Å². The zero-order valence-corrected chi connectivity index (χ0v) is 11.7. The molecule has 0 radical (unpaired) electrons. The Labute approximate surface area is 119 Å². The van der Waals surface area contributed by atoms with Gasteiger partial charge in [-0.1, -0.05) is 12.1 Å². The number of ether oxygens (including phenoxy) is 1. The highest BCUT2D eigenvalue weighted by atomic mass is 16.5. The number of para-hydroxylation sites is 2. The molecule has 20 heavy (non-hydrogen) atoms. The van der Waals surface area contributed by atoms with Crippen molar-refractivity contribution in [1.29, 1.82) is 5.26 Å². The fourth-order valence-corrected chi connectivity index (χ4v) is 2.41. The average Bonchev–Trinajstić information content (AvgIpc) is 2.52. The Bertz CT molecular complexity index is 502. The lowest BCUT2D eigenvalue weighted by molar-refractivity contribution is -0.131. The van der Waals surface area contributed by atoms with Crippen LogP contribution in [0.2, 0.25) is 0 Å². The summed E-state index contributed by atoms with van der Waals surface area (Å²) in [6, 6.07) is 9.93. The van der Waals surface area contributed by atoms with Crippen molar-refractivity contribution < 1.29 is 9.53 Å². The van der Waals surface area contributed by atoms with E-state index in [-0.39, 0.29) is 5.91 Å². The Morgan fingerprint density at radius 3 is 2.65 bits per heavy atom. The summed E-state index contributed by atoms with van der Waals surface area (Å²) < 4.78 is 5.37. The number of benzene rings is 1. The molecule has 1 aromatic carbocycles. The molecule has 1 fully saturated rings. The van der Waals surface area contributed by atoms with Crippen LogP contribution in [-0.4, -0.2) is 44.1 Å². The van der Waals surface area contributed by atoms with Crippen LogP contribution < -0.4 is 9.64 Å². The molecule has 1 aromatic rings. The SMILES string of the molecule is COc1ccccc1N1CCN(C(=O)CCC#N)CC1.